The van der Waals surface area contributed by atoms with E-state index < -0.39 is 0 Å². The van der Waals surface area contributed by atoms with Crippen molar-refractivity contribution < 1.29 is 4.79 Å². The number of pyridine rings is 2. The topological polar surface area (TPSA) is 58.1 Å². The largest absolute Gasteiger partial charge is 0.373 e. The van der Waals surface area contributed by atoms with Crippen LogP contribution in [-0.2, 0) is 0 Å². The number of carbonyl (C=O) groups is 1. The Morgan fingerprint density at radius 1 is 1.16 bits per heavy atom. The molecule has 1 aliphatic heterocycles. The lowest BCUT2D eigenvalue weighted by Crippen LogP contribution is -2.30. The Morgan fingerprint density at radius 3 is 2.96 bits per heavy atom. The van der Waals surface area contributed by atoms with Gasteiger partial charge in [0.15, 0.2) is 0 Å². The highest BCUT2D eigenvalue weighted by Crippen LogP contribution is 2.34. The number of aromatic nitrogens is 2. The Hall–Kier alpha value is -2.95. The highest BCUT2D eigenvalue weighted by Gasteiger charge is 2.30. The molecular formula is C20H20N4O. The Balaban J connectivity index is 1.65. The summed E-state index contributed by atoms with van der Waals surface area (Å²) in [6, 6.07) is 13.7. The predicted octanol–water partition coefficient (Wildman–Crippen LogP) is 3.65. The van der Waals surface area contributed by atoms with Gasteiger partial charge in [-0.15, -0.1) is 0 Å². The summed E-state index contributed by atoms with van der Waals surface area (Å²) in [7, 11) is 1.85. The van der Waals surface area contributed by atoms with Crippen LogP contribution in [0.4, 0.5) is 5.82 Å². The summed E-state index contributed by atoms with van der Waals surface area (Å²) in [5.41, 5.74) is 2.76. The molecule has 5 nitrogen and oxygen atoms in total. The maximum absolute atomic E-state index is 13.1. The zero-order valence-corrected chi connectivity index (χ0v) is 14.1. The molecule has 3 aromatic rings. The second-order valence-electron chi connectivity index (χ2n) is 6.29. The van der Waals surface area contributed by atoms with Crippen molar-refractivity contribution in [2.75, 3.05) is 18.9 Å². The lowest BCUT2D eigenvalue weighted by molar-refractivity contribution is 0.0736. The fourth-order valence-corrected chi connectivity index (χ4v) is 3.52. The van der Waals surface area contributed by atoms with Gasteiger partial charge in [0.05, 0.1) is 11.6 Å². The van der Waals surface area contributed by atoms with Crippen molar-refractivity contribution in [3.63, 3.8) is 0 Å². The van der Waals surface area contributed by atoms with Crippen molar-refractivity contribution in [2.45, 2.75) is 18.9 Å². The van der Waals surface area contributed by atoms with Gasteiger partial charge in [-0.1, -0.05) is 6.07 Å². The molecule has 1 saturated heterocycles. The molecule has 25 heavy (non-hydrogen) atoms. The minimum atomic E-state index is 0.0797. The summed E-state index contributed by atoms with van der Waals surface area (Å²) in [5.74, 6) is 0.907. The monoisotopic (exact) mass is 332 g/mol. The number of hydrogen-bond donors (Lipinski definition) is 1. The van der Waals surface area contributed by atoms with Gasteiger partial charge in [-0.05, 0) is 54.8 Å². The van der Waals surface area contributed by atoms with Gasteiger partial charge in [-0.3, -0.25) is 9.78 Å². The van der Waals surface area contributed by atoms with E-state index in [0.717, 1.165) is 47.2 Å². The molecule has 4 rings (SSSR count). The van der Waals surface area contributed by atoms with E-state index in [1.54, 1.807) is 12.4 Å². The summed E-state index contributed by atoms with van der Waals surface area (Å²) in [6.07, 6.45) is 5.56. The minimum Gasteiger partial charge on any atom is -0.373 e. The number of fused-ring (bicyclic) bond motifs is 1. The van der Waals surface area contributed by atoms with E-state index in [1.165, 1.54) is 0 Å². The maximum atomic E-state index is 13.1. The van der Waals surface area contributed by atoms with Gasteiger partial charge in [0.2, 0.25) is 0 Å². The van der Waals surface area contributed by atoms with E-state index >= 15 is 0 Å². The SMILES string of the molecule is CNc1cc(C2CCCN2C(=O)c2ccc3ncccc3c2)ccn1. The Kier molecular flexibility index (Phi) is 4.06. The predicted molar refractivity (Wildman–Crippen MR) is 98.5 cm³/mol. The number of rotatable bonds is 3. The summed E-state index contributed by atoms with van der Waals surface area (Å²) >= 11 is 0. The highest BCUT2D eigenvalue weighted by molar-refractivity contribution is 5.98. The number of benzene rings is 1. The number of carbonyl (C=O) groups excluding carboxylic acids is 1. The first-order chi connectivity index (χ1) is 12.3. The van der Waals surface area contributed by atoms with Gasteiger partial charge in [-0.25, -0.2) is 4.98 Å². The van der Waals surface area contributed by atoms with Gasteiger partial charge < -0.3 is 10.2 Å². The van der Waals surface area contributed by atoms with E-state index in [9.17, 15) is 4.79 Å². The molecule has 0 saturated carbocycles. The van der Waals surface area contributed by atoms with Crippen LogP contribution in [0, 0.1) is 0 Å². The van der Waals surface area contributed by atoms with Crippen LogP contribution in [0.5, 0.6) is 0 Å². The van der Waals surface area contributed by atoms with Crippen LogP contribution < -0.4 is 5.32 Å². The summed E-state index contributed by atoms with van der Waals surface area (Å²) in [5, 5.41) is 4.06. The Morgan fingerprint density at radius 2 is 2.08 bits per heavy atom. The van der Waals surface area contributed by atoms with Crippen molar-refractivity contribution in [1.82, 2.24) is 14.9 Å². The van der Waals surface area contributed by atoms with Crippen molar-refractivity contribution in [2.24, 2.45) is 0 Å². The first-order valence-corrected chi connectivity index (χ1v) is 8.56. The highest BCUT2D eigenvalue weighted by atomic mass is 16.2. The fraction of sp³-hybridized carbons (Fsp3) is 0.250. The summed E-state index contributed by atoms with van der Waals surface area (Å²) < 4.78 is 0. The van der Waals surface area contributed by atoms with Crippen molar-refractivity contribution in [3.05, 3.63) is 66.0 Å². The molecule has 1 aliphatic rings. The van der Waals surface area contributed by atoms with Crippen LogP contribution >= 0.6 is 0 Å². The number of amides is 1. The summed E-state index contributed by atoms with van der Waals surface area (Å²) in [4.78, 5) is 23.7. The minimum absolute atomic E-state index is 0.0797. The molecule has 3 heterocycles. The molecule has 1 atom stereocenters. The second-order valence-corrected chi connectivity index (χ2v) is 6.29. The molecule has 0 bridgehead atoms. The van der Waals surface area contributed by atoms with E-state index in [-0.39, 0.29) is 11.9 Å². The third-order valence-corrected chi connectivity index (χ3v) is 4.79. The number of nitrogens with zero attached hydrogens (tertiary/aromatic N) is 3. The molecular weight excluding hydrogens is 312 g/mol. The number of hydrogen-bond acceptors (Lipinski definition) is 4. The van der Waals surface area contributed by atoms with E-state index in [4.69, 9.17) is 0 Å². The van der Waals surface area contributed by atoms with Crippen LogP contribution in [0.25, 0.3) is 10.9 Å². The van der Waals surface area contributed by atoms with E-state index in [0.29, 0.717) is 0 Å². The molecule has 5 heteroatoms. The van der Waals surface area contributed by atoms with Crippen LogP contribution in [0.2, 0.25) is 0 Å². The number of anilines is 1. The third-order valence-electron chi connectivity index (χ3n) is 4.79. The quantitative estimate of drug-likeness (QED) is 0.795. The lowest BCUT2D eigenvalue weighted by Gasteiger charge is -2.25. The van der Waals surface area contributed by atoms with E-state index in [1.807, 2.05) is 54.4 Å². The number of likely N-dealkylation sites (tertiary alicyclic amines) is 1. The Labute approximate surface area is 146 Å². The van der Waals surface area contributed by atoms with Crippen LogP contribution in [0.3, 0.4) is 0 Å². The van der Waals surface area contributed by atoms with Gasteiger partial charge in [0, 0.05) is 36.9 Å². The maximum Gasteiger partial charge on any atom is 0.254 e. The molecule has 1 amide bonds. The zero-order chi connectivity index (χ0) is 17.2. The van der Waals surface area contributed by atoms with Crippen LogP contribution in [-0.4, -0.2) is 34.4 Å². The molecule has 2 aromatic heterocycles. The third kappa shape index (κ3) is 2.93. The van der Waals surface area contributed by atoms with E-state index in [2.05, 4.69) is 15.3 Å². The standard InChI is InChI=1S/C20H20N4O/c1-21-19-13-15(8-10-23-19)18-5-3-11-24(18)20(25)16-6-7-17-14(12-16)4-2-9-22-17/h2,4,6-10,12-13,18H,3,5,11H2,1H3,(H,21,23). The van der Waals surface area contributed by atoms with Crippen molar-refractivity contribution >= 4 is 22.6 Å². The first kappa shape index (κ1) is 15.6. The van der Waals surface area contributed by atoms with Gasteiger partial charge >= 0.3 is 0 Å². The smallest absolute Gasteiger partial charge is 0.254 e. The van der Waals surface area contributed by atoms with Crippen LogP contribution in [0.1, 0.15) is 34.8 Å². The average molecular weight is 332 g/mol. The molecule has 1 N–H and O–H groups in total. The van der Waals surface area contributed by atoms with Crippen molar-refractivity contribution in [1.29, 1.82) is 0 Å². The summed E-state index contributed by atoms with van der Waals surface area (Å²) in [6.45, 7) is 0.784. The fourth-order valence-electron chi connectivity index (χ4n) is 3.52. The molecule has 1 fully saturated rings. The molecule has 0 spiro atoms. The molecule has 0 aliphatic carbocycles. The number of nitrogens with one attached hydrogen (secondary N) is 1. The first-order valence-electron chi connectivity index (χ1n) is 8.56. The molecule has 1 unspecified atom stereocenters. The molecule has 0 radical (unpaired) electrons. The lowest BCUT2D eigenvalue weighted by atomic mass is 10.0. The average Bonchev–Trinajstić information content (AvgIpc) is 3.17. The van der Waals surface area contributed by atoms with Gasteiger partial charge in [-0.2, -0.15) is 0 Å². The molecule has 126 valence electrons. The second kappa shape index (κ2) is 6.51. The zero-order valence-electron chi connectivity index (χ0n) is 14.1. The van der Waals surface area contributed by atoms with Gasteiger partial charge in [0.1, 0.15) is 5.82 Å². The van der Waals surface area contributed by atoms with Crippen LogP contribution in [0.15, 0.2) is 54.9 Å². The Bertz CT molecular complexity index is 924. The van der Waals surface area contributed by atoms with Gasteiger partial charge in [0.25, 0.3) is 5.91 Å². The van der Waals surface area contributed by atoms with Crippen molar-refractivity contribution in [3.8, 4) is 0 Å². The molecule has 1 aromatic carbocycles. The normalized spacial score (nSPS) is 17.0.